The normalized spacial score (nSPS) is 18.5. The van der Waals surface area contributed by atoms with E-state index >= 15 is 0 Å². The number of furan rings is 1. The number of hydrogen-bond donors (Lipinski definition) is 0. The molecule has 28 heavy (non-hydrogen) atoms. The number of aryl methyl sites for hydroxylation is 1. The van der Waals surface area contributed by atoms with E-state index in [0.717, 1.165) is 22.6 Å². The highest BCUT2D eigenvalue weighted by atomic mass is 16.5. The van der Waals surface area contributed by atoms with Crippen molar-refractivity contribution in [2.45, 2.75) is 39.4 Å². The summed E-state index contributed by atoms with van der Waals surface area (Å²) in [5.74, 6) is 1.13. The SMILES string of the molecule is Cc1[nH+]c(N2CCN(C(=O)c3ccco3)CC2)c(C#N)c2c1COC(C)(C)C2. The van der Waals surface area contributed by atoms with Crippen molar-refractivity contribution in [1.82, 2.24) is 4.90 Å². The second-order valence-corrected chi connectivity index (χ2v) is 8.02. The lowest BCUT2D eigenvalue weighted by molar-refractivity contribution is -0.376. The quantitative estimate of drug-likeness (QED) is 0.795. The third kappa shape index (κ3) is 3.25. The molecule has 0 bridgehead atoms. The van der Waals surface area contributed by atoms with Crippen molar-refractivity contribution >= 4 is 11.7 Å². The molecule has 1 fully saturated rings. The number of carbonyl (C=O) groups excluding carboxylic acids is 1. The number of amides is 1. The van der Waals surface area contributed by atoms with Crippen molar-refractivity contribution in [3.63, 3.8) is 0 Å². The Bertz CT molecular complexity index is 936. The Morgan fingerprint density at radius 3 is 2.64 bits per heavy atom. The van der Waals surface area contributed by atoms with E-state index in [4.69, 9.17) is 9.15 Å². The average molecular weight is 381 g/mol. The number of fused-ring (bicyclic) bond motifs is 1. The molecule has 4 heterocycles. The molecule has 1 saturated heterocycles. The number of pyridine rings is 1. The number of anilines is 1. The molecule has 0 saturated carbocycles. The van der Waals surface area contributed by atoms with E-state index in [0.29, 0.717) is 50.5 Å². The molecule has 0 radical (unpaired) electrons. The lowest BCUT2D eigenvalue weighted by Crippen LogP contribution is -2.50. The van der Waals surface area contributed by atoms with Gasteiger partial charge in [0, 0.05) is 12.0 Å². The van der Waals surface area contributed by atoms with Crippen molar-refractivity contribution in [1.29, 1.82) is 5.26 Å². The first-order valence-electron chi connectivity index (χ1n) is 9.59. The maximum Gasteiger partial charge on any atom is 0.293 e. The van der Waals surface area contributed by atoms with Gasteiger partial charge < -0.3 is 14.1 Å². The molecule has 4 rings (SSSR count). The fraction of sp³-hybridized carbons (Fsp3) is 0.476. The average Bonchev–Trinajstić information content (AvgIpc) is 3.21. The lowest BCUT2D eigenvalue weighted by atomic mass is 9.88. The number of aromatic nitrogens is 1. The van der Waals surface area contributed by atoms with E-state index in [1.54, 1.807) is 17.0 Å². The molecule has 7 heteroatoms. The maximum atomic E-state index is 12.5. The number of carbonyl (C=O) groups is 1. The molecule has 2 aromatic heterocycles. The molecule has 2 aromatic rings. The van der Waals surface area contributed by atoms with E-state index in [-0.39, 0.29) is 11.5 Å². The van der Waals surface area contributed by atoms with Gasteiger partial charge in [-0.2, -0.15) is 5.26 Å². The minimum atomic E-state index is -0.280. The van der Waals surface area contributed by atoms with Crippen LogP contribution in [0.2, 0.25) is 0 Å². The number of piperazine rings is 1. The maximum absolute atomic E-state index is 12.5. The van der Waals surface area contributed by atoms with Crippen LogP contribution in [-0.4, -0.2) is 42.6 Å². The van der Waals surface area contributed by atoms with Crippen LogP contribution in [0.4, 0.5) is 5.82 Å². The van der Waals surface area contributed by atoms with Gasteiger partial charge >= 0.3 is 0 Å². The van der Waals surface area contributed by atoms with Gasteiger partial charge in [-0.1, -0.05) is 0 Å². The molecule has 2 aliphatic heterocycles. The van der Waals surface area contributed by atoms with E-state index in [2.05, 4.69) is 29.8 Å². The molecule has 1 amide bonds. The van der Waals surface area contributed by atoms with E-state index in [9.17, 15) is 10.1 Å². The molecular weight excluding hydrogens is 356 g/mol. The number of rotatable bonds is 2. The van der Waals surface area contributed by atoms with Gasteiger partial charge in [0.1, 0.15) is 30.4 Å². The fourth-order valence-electron chi connectivity index (χ4n) is 4.02. The van der Waals surface area contributed by atoms with Crippen LogP contribution >= 0.6 is 0 Å². The Balaban J connectivity index is 1.58. The number of hydrogen-bond acceptors (Lipinski definition) is 5. The first kappa shape index (κ1) is 18.5. The standard InChI is InChI=1S/C21H24N4O3/c1-14-17-13-28-21(2,3)11-15(17)16(12-22)19(23-14)24-6-8-25(9-7-24)20(26)18-5-4-10-27-18/h4-5,10H,6-9,11,13H2,1-3H3/p+1. The van der Waals surface area contributed by atoms with Gasteiger partial charge in [0.25, 0.3) is 11.7 Å². The van der Waals surface area contributed by atoms with Crippen molar-refractivity contribution in [3.05, 3.63) is 46.5 Å². The Morgan fingerprint density at radius 2 is 2.00 bits per heavy atom. The zero-order valence-corrected chi connectivity index (χ0v) is 16.5. The number of nitriles is 1. The monoisotopic (exact) mass is 381 g/mol. The molecule has 0 unspecified atom stereocenters. The molecule has 0 aromatic carbocycles. The summed E-state index contributed by atoms with van der Waals surface area (Å²) in [7, 11) is 0. The fourth-order valence-corrected chi connectivity index (χ4v) is 4.02. The predicted molar refractivity (Wildman–Crippen MR) is 102 cm³/mol. The topological polar surface area (TPSA) is 83.9 Å². The van der Waals surface area contributed by atoms with Gasteiger partial charge in [-0.25, -0.2) is 4.98 Å². The molecule has 146 valence electrons. The number of nitrogens with one attached hydrogen (secondary N) is 1. The highest BCUT2D eigenvalue weighted by Gasteiger charge is 2.36. The van der Waals surface area contributed by atoms with Crippen LogP contribution in [0, 0.1) is 18.3 Å². The first-order valence-corrected chi connectivity index (χ1v) is 9.59. The van der Waals surface area contributed by atoms with Gasteiger partial charge in [0.05, 0.1) is 31.6 Å². The molecule has 0 aliphatic carbocycles. The van der Waals surface area contributed by atoms with Crippen LogP contribution in [0.5, 0.6) is 0 Å². The van der Waals surface area contributed by atoms with Crippen molar-refractivity contribution in [3.8, 4) is 6.07 Å². The number of H-pyrrole nitrogens is 1. The van der Waals surface area contributed by atoms with Gasteiger partial charge in [-0.15, -0.1) is 0 Å². The molecular formula is C21H25N4O3+. The minimum absolute atomic E-state index is 0.0883. The third-order valence-electron chi connectivity index (χ3n) is 5.60. The van der Waals surface area contributed by atoms with Gasteiger partial charge in [0.2, 0.25) is 0 Å². The largest absolute Gasteiger partial charge is 0.459 e. The predicted octanol–water partition coefficient (Wildman–Crippen LogP) is 2.09. The van der Waals surface area contributed by atoms with Crippen molar-refractivity contribution < 1.29 is 18.9 Å². The van der Waals surface area contributed by atoms with Crippen LogP contribution in [0.3, 0.4) is 0 Å². The van der Waals surface area contributed by atoms with Crippen LogP contribution < -0.4 is 9.88 Å². The summed E-state index contributed by atoms with van der Waals surface area (Å²) in [5, 5.41) is 9.92. The minimum Gasteiger partial charge on any atom is -0.459 e. The smallest absolute Gasteiger partial charge is 0.293 e. The Kier molecular flexibility index (Phi) is 4.60. The summed E-state index contributed by atoms with van der Waals surface area (Å²) in [6.07, 6.45) is 2.23. The Morgan fingerprint density at radius 1 is 1.25 bits per heavy atom. The first-order chi connectivity index (χ1) is 13.4. The van der Waals surface area contributed by atoms with Crippen LogP contribution in [-0.2, 0) is 17.8 Å². The number of ether oxygens (including phenoxy) is 1. The molecule has 0 spiro atoms. The van der Waals surface area contributed by atoms with Gasteiger partial charge in [0.15, 0.2) is 5.76 Å². The van der Waals surface area contributed by atoms with Crippen LogP contribution in [0.25, 0.3) is 0 Å². The van der Waals surface area contributed by atoms with Gasteiger partial charge in [-0.3, -0.25) is 9.69 Å². The summed E-state index contributed by atoms with van der Waals surface area (Å²) < 4.78 is 11.2. The van der Waals surface area contributed by atoms with E-state index < -0.39 is 0 Å². The van der Waals surface area contributed by atoms with Crippen molar-refractivity contribution in [2.24, 2.45) is 0 Å². The summed E-state index contributed by atoms with van der Waals surface area (Å²) in [4.78, 5) is 19.9. The number of nitrogens with zero attached hydrogens (tertiary/aromatic N) is 3. The van der Waals surface area contributed by atoms with E-state index in [1.165, 1.54) is 6.26 Å². The zero-order valence-electron chi connectivity index (χ0n) is 16.5. The summed E-state index contributed by atoms with van der Waals surface area (Å²) in [5.41, 5.74) is 3.62. The Hall–Kier alpha value is -2.85. The molecule has 0 atom stereocenters. The highest BCUT2D eigenvalue weighted by molar-refractivity contribution is 5.91. The Labute approximate surface area is 164 Å². The second kappa shape index (κ2) is 6.95. The molecule has 2 aliphatic rings. The summed E-state index contributed by atoms with van der Waals surface area (Å²) in [6, 6.07) is 5.83. The highest BCUT2D eigenvalue weighted by Crippen LogP contribution is 2.33. The zero-order chi connectivity index (χ0) is 19.9. The van der Waals surface area contributed by atoms with Gasteiger partial charge in [-0.05, 0) is 38.5 Å². The van der Waals surface area contributed by atoms with Crippen LogP contribution in [0.1, 0.15) is 46.8 Å². The molecule has 7 nitrogen and oxygen atoms in total. The molecule has 1 N–H and O–H groups in total. The lowest BCUT2D eigenvalue weighted by Gasteiger charge is -2.34. The van der Waals surface area contributed by atoms with Crippen molar-refractivity contribution in [2.75, 3.05) is 31.1 Å². The third-order valence-corrected chi connectivity index (χ3v) is 5.60. The van der Waals surface area contributed by atoms with Crippen LogP contribution in [0.15, 0.2) is 22.8 Å². The van der Waals surface area contributed by atoms with E-state index in [1.807, 2.05) is 6.92 Å². The summed E-state index contributed by atoms with van der Waals surface area (Å²) >= 11 is 0. The summed E-state index contributed by atoms with van der Waals surface area (Å²) in [6.45, 7) is 9.16. The second-order valence-electron chi connectivity index (χ2n) is 8.02. The number of aromatic amines is 1.